The van der Waals surface area contributed by atoms with Crippen LogP contribution in [0.25, 0.3) is 10.8 Å². The summed E-state index contributed by atoms with van der Waals surface area (Å²) in [6, 6.07) is 3.46. The van der Waals surface area contributed by atoms with Crippen LogP contribution in [0.3, 0.4) is 0 Å². The summed E-state index contributed by atoms with van der Waals surface area (Å²) in [7, 11) is -3.01. The Balaban J connectivity index is 1.56. The lowest BCUT2D eigenvalue weighted by Gasteiger charge is -2.14. The van der Waals surface area contributed by atoms with Crippen LogP contribution in [-0.4, -0.2) is 47.3 Å². The van der Waals surface area contributed by atoms with Crippen molar-refractivity contribution in [3.8, 4) is 10.8 Å². The third-order valence-electron chi connectivity index (χ3n) is 3.36. The molecule has 23 heavy (non-hydrogen) atoms. The molecule has 0 aromatic carbocycles. The molecule has 1 N–H and O–H groups in total. The van der Waals surface area contributed by atoms with Gasteiger partial charge < -0.3 is 9.73 Å². The Morgan fingerprint density at radius 3 is 3.00 bits per heavy atom. The maximum absolute atomic E-state index is 12.1. The molecule has 124 valence electrons. The summed E-state index contributed by atoms with van der Waals surface area (Å²) in [5, 5.41) is 12.4. The number of carbonyl (C=O) groups excluding carboxylic acids is 1. The van der Waals surface area contributed by atoms with Gasteiger partial charge in [-0.05, 0) is 24.8 Å². The summed E-state index contributed by atoms with van der Waals surface area (Å²) in [6.07, 6.45) is 0.467. The van der Waals surface area contributed by atoms with Crippen molar-refractivity contribution >= 4 is 38.8 Å². The highest BCUT2D eigenvalue weighted by atomic mass is 32.2. The first kappa shape index (κ1) is 16.5. The Labute approximate surface area is 141 Å². The third kappa shape index (κ3) is 4.12. The fraction of sp³-hybridized carbons (Fsp3) is 0.462. The molecule has 2 aromatic heterocycles. The van der Waals surface area contributed by atoms with Gasteiger partial charge in [-0.2, -0.15) is 0 Å². The highest BCUT2D eigenvalue weighted by Gasteiger charge is 2.30. The average molecular weight is 373 g/mol. The van der Waals surface area contributed by atoms with Gasteiger partial charge in [-0.15, -0.1) is 21.5 Å². The highest BCUT2D eigenvalue weighted by Crippen LogP contribution is 2.28. The fourth-order valence-electron chi connectivity index (χ4n) is 2.19. The molecule has 10 heteroatoms. The molecule has 1 saturated heterocycles. The number of nitrogens with zero attached hydrogens (tertiary/aromatic N) is 2. The second-order valence-electron chi connectivity index (χ2n) is 5.22. The summed E-state index contributed by atoms with van der Waals surface area (Å²) in [6.45, 7) is 1.72. The molecule has 7 nitrogen and oxygen atoms in total. The van der Waals surface area contributed by atoms with Crippen LogP contribution in [0.4, 0.5) is 0 Å². The van der Waals surface area contributed by atoms with E-state index in [1.165, 1.54) is 11.3 Å². The second-order valence-corrected chi connectivity index (χ2v) is 9.69. The van der Waals surface area contributed by atoms with Crippen molar-refractivity contribution in [3.63, 3.8) is 0 Å². The molecule has 0 bridgehead atoms. The first-order chi connectivity index (χ1) is 10.9. The van der Waals surface area contributed by atoms with Gasteiger partial charge in [0, 0.05) is 6.04 Å². The maximum atomic E-state index is 12.1. The predicted octanol–water partition coefficient (Wildman–Crippen LogP) is 1.58. The standard InChI is InChI=1S/C13H15N3O4S3/c1-8(11(17)14-9-4-6-23(18,19)7-9)22-13-16-15-12(20-13)10-3-2-5-21-10/h2-3,5,8-9H,4,6-7H2,1H3,(H,14,17)/t8-,9-/m1/s1. The third-order valence-corrected chi connectivity index (χ3v) is 6.92. The van der Waals surface area contributed by atoms with Gasteiger partial charge in [0.1, 0.15) is 0 Å². The Morgan fingerprint density at radius 1 is 1.52 bits per heavy atom. The number of hydrogen-bond donors (Lipinski definition) is 1. The van der Waals surface area contributed by atoms with Crippen molar-refractivity contribution in [2.45, 2.75) is 29.9 Å². The largest absolute Gasteiger partial charge is 0.410 e. The lowest BCUT2D eigenvalue weighted by Crippen LogP contribution is -2.39. The van der Waals surface area contributed by atoms with E-state index >= 15 is 0 Å². The van der Waals surface area contributed by atoms with Gasteiger partial charge in [0.25, 0.3) is 11.1 Å². The smallest absolute Gasteiger partial charge is 0.277 e. The minimum Gasteiger partial charge on any atom is -0.410 e. The van der Waals surface area contributed by atoms with E-state index in [0.29, 0.717) is 17.5 Å². The van der Waals surface area contributed by atoms with Crippen LogP contribution in [0, 0.1) is 0 Å². The molecule has 0 spiro atoms. The molecule has 1 aliphatic rings. The summed E-state index contributed by atoms with van der Waals surface area (Å²) in [5.41, 5.74) is 0. The monoisotopic (exact) mass is 373 g/mol. The molecule has 1 fully saturated rings. The molecule has 0 aliphatic carbocycles. The predicted molar refractivity (Wildman–Crippen MR) is 88.1 cm³/mol. The van der Waals surface area contributed by atoms with Crippen LogP contribution in [-0.2, 0) is 14.6 Å². The number of rotatable bonds is 5. The molecular formula is C13H15N3O4S3. The fourth-order valence-corrected chi connectivity index (χ4v) is 5.20. The van der Waals surface area contributed by atoms with Crippen molar-refractivity contribution in [3.05, 3.63) is 17.5 Å². The lowest BCUT2D eigenvalue weighted by molar-refractivity contribution is -0.120. The quantitative estimate of drug-likeness (QED) is 0.794. The molecular weight excluding hydrogens is 358 g/mol. The summed E-state index contributed by atoms with van der Waals surface area (Å²) < 4.78 is 28.3. The van der Waals surface area contributed by atoms with Gasteiger partial charge in [-0.1, -0.05) is 17.8 Å². The molecule has 1 aliphatic heterocycles. The van der Waals surface area contributed by atoms with Crippen molar-refractivity contribution in [2.24, 2.45) is 0 Å². The number of hydrogen-bond acceptors (Lipinski definition) is 8. The Hall–Kier alpha value is -1.39. The van der Waals surface area contributed by atoms with E-state index < -0.39 is 15.1 Å². The van der Waals surface area contributed by atoms with Crippen LogP contribution in [0.5, 0.6) is 0 Å². The molecule has 0 radical (unpaired) electrons. The molecule has 0 unspecified atom stereocenters. The van der Waals surface area contributed by atoms with Crippen LogP contribution >= 0.6 is 23.1 Å². The topological polar surface area (TPSA) is 102 Å². The Kier molecular flexibility index (Phi) is 4.74. The average Bonchev–Trinajstić information content (AvgIpc) is 3.19. The summed E-state index contributed by atoms with van der Waals surface area (Å²) >= 11 is 2.65. The molecule has 3 heterocycles. The minimum absolute atomic E-state index is 0.0131. The number of carbonyl (C=O) groups is 1. The Morgan fingerprint density at radius 2 is 2.35 bits per heavy atom. The van der Waals surface area contributed by atoms with Crippen LogP contribution in [0.2, 0.25) is 0 Å². The van der Waals surface area contributed by atoms with Crippen LogP contribution < -0.4 is 5.32 Å². The number of amides is 1. The number of thiophene rings is 1. The normalized spacial score (nSPS) is 21.2. The zero-order chi connectivity index (χ0) is 16.4. The minimum atomic E-state index is -3.01. The summed E-state index contributed by atoms with van der Waals surface area (Å²) in [5.74, 6) is 0.344. The first-order valence-electron chi connectivity index (χ1n) is 6.98. The van der Waals surface area contributed by atoms with Gasteiger partial charge in [0.2, 0.25) is 5.91 Å². The second kappa shape index (κ2) is 6.62. The van der Waals surface area contributed by atoms with Crippen molar-refractivity contribution < 1.29 is 17.6 Å². The molecule has 0 saturated carbocycles. The van der Waals surface area contributed by atoms with Crippen molar-refractivity contribution in [2.75, 3.05) is 11.5 Å². The maximum Gasteiger partial charge on any atom is 0.277 e. The van der Waals surface area contributed by atoms with E-state index in [0.717, 1.165) is 16.6 Å². The number of nitrogens with one attached hydrogen (secondary N) is 1. The summed E-state index contributed by atoms with van der Waals surface area (Å²) in [4.78, 5) is 13.0. The Bertz CT molecular complexity index is 785. The lowest BCUT2D eigenvalue weighted by atomic mass is 10.2. The van der Waals surface area contributed by atoms with Crippen molar-refractivity contribution in [1.29, 1.82) is 0 Å². The molecule has 2 atom stereocenters. The van der Waals surface area contributed by atoms with Gasteiger partial charge >= 0.3 is 0 Å². The SMILES string of the molecule is C[C@@H](Sc1nnc(-c2cccs2)o1)C(=O)N[C@@H]1CCS(=O)(=O)C1. The number of aromatic nitrogens is 2. The van der Waals surface area contributed by atoms with Crippen molar-refractivity contribution in [1.82, 2.24) is 15.5 Å². The van der Waals surface area contributed by atoms with E-state index in [2.05, 4.69) is 15.5 Å². The van der Waals surface area contributed by atoms with E-state index in [1.807, 2.05) is 17.5 Å². The van der Waals surface area contributed by atoms with Crippen LogP contribution in [0.1, 0.15) is 13.3 Å². The molecule has 2 aromatic rings. The number of sulfone groups is 1. The first-order valence-corrected chi connectivity index (χ1v) is 10.6. The van der Waals surface area contributed by atoms with E-state index in [1.54, 1.807) is 6.92 Å². The zero-order valence-corrected chi connectivity index (χ0v) is 14.7. The van der Waals surface area contributed by atoms with Gasteiger partial charge in [-0.3, -0.25) is 4.79 Å². The molecule has 1 amide bonds. The van der Waals surface area contributed by atoms with E-state index in [4.69, 9.17) is 4.42 Å². The zero-order valence-electron chi connectivity index (χ0n) is 12.3. The van der Waals surface area contributed by atoms with Gasteiger partial charge in [0.15, 0.2) is 9.84 Å². The van der Waals surface area contributed by atoms with E-state index in [-0.39, 0.29) is 23.5 Å². The van der Waals surface area contributed by atoms with Crippen LogP contribution in [0.15, 0.2) is 27.2 Å². The highest BCUT2D eigenvalue weighted by molar-refractivity contribution is 8.00. The number of thioether (sulfide) groups is 1. The van der Waals surface area contributed by atoms with Gasteiger partial charge in [-0.25, -0.2) is 8.42 Å². The van der Waals surface area contributed by atoms with E-state index in [9.17, 15) is 13.2 Å². The van der Waals surface area contributed by atoms with Gasteiger partial charge in [0.05, 0.1) is 21.6 Å². The molecule has 3 rings (SSSR count).